The first-order chi connectivity index (χ1) is 6.77. The summed E-state index contributed by atoms with van der Waals surface area (Å²) in [6, 6.07) is 3.88. The Morgan fingerprint density at radius 3 is 2.57 bits per heavy atom. The molecule has 0 atom stereocenters. The number of hydrogen-bond donors (Lipinski definition) is 1. The van der Waals surface area contributed by atoms with E-state index >= 15 is 0 Å². The van der Waals surface area contributed by atoms with E-state index in [9.17, 15) is 0 Å². The summed E-state index contributed by atoms with van der Waals surface area (Å²) < 4.78 is 11.6. The Hall–Kier alpha value is -0.870. The van der Waals surface area contributed by atoms with Crippen LogP contribution in [-0.4, -0.2) is 14.2 Å². The monoisotopic (exact) mass is 226 g/mol. The lowest BCUT2D eigenvalue weighted by Gasteiger charge is -2.08. The fourth-order valence-corrected chi connectivity index (χ4v) is 2.69. The Bertz CT molecular complexity index is 462. The molecule has 0 spiro atoms. The molecule has 1 heterocycles. The molecule has 2 aromatic rings. The first-order valence-corrected chi connectivity index (χ1v) is 5.41. The number of rotatable bonds is 2. The van der Waals surface area contributed by atoms with Gasteiger partial charge >= 0.3 is 0 Å². The van der Waals surface area contributed by atoms with Crippen LogP contribution in [0.1, 0.15) is 0 Å². The van der Waals surface area contributed by atoms with Crippen molar-refractivity contribution in [3.63, 3.8) is 0 Å². The van der Waals surface area contributed by atoms with Crippen molar-refractivity contribution in [1.29, 1.82) is 0 Å². The molecule has 0 unspecified atom stereocenters. The zero-order valence-electron chi connectivity index (χ0n) is 7.90. The molecular weight excluding hydrogens is 216 g/mol. The third kappa shape index (κ3) is 1.35. The summed E-state index contributed by atoms with van der Waals surface area (Å²) in [5.41, 5.74) is 0. The Kier molecular flexibility index (Phi) is 2.56. The highest BCUT2D eigenvalue weighted by Crippen LogP contribution is 2.40. The molecule has 0 saturated heterocycles. The van der Waals surface area contributed by atoms with E-state index in [1.165, 1.54) is 0 Å². The second-order valence-corrected chi connectivity index (χ2v) is 4.16. The van der Waals surface area contributed by atoms with Crippen LogP contribution >= 0.6 is 24.0 Å². The zero-order valence-corrected chi connectivity index (χ0v) is 9.61. The Morgan fingerprint density at radius 2 is 1.93 bits per heavy atom. The first kappa shape index (κ1) is 9.68. The van der Waals surface area contributed by atoms with Crippen LogP contribution in [0.4, 0.5) is 0 Å². The number of thiophene rings is 1. The molecule has 0 aliphatic heterocycles. The fraction of sp³-hybridized carbons (Fsp3) is 0.200. The van der Waals surface area contributed by atoms with Crippen molar-refractivity contribution in [3.8, 4) is 11.5 Å². The van der Waals surface area contributed by atoms with Gasteiger partial charge in [0.15, 0.2) is 0 Å². The molecule has 1 aromatic heterocycles. The largest absolute Gasteiger partial charge is 0.495 e. The van der Waals surface area contributed by atoms with Crippen LogP contribution < -0.4 is 9.47 Å². The molecule has 0 bridgehead atoms. The lowest BCUT2D eigenvalue weighted by Crippen LogP contribution is -1.88. The van der Waals surface area contributed by atoms with Gasteiger partial charge in [-0.1, -0.05) is 0 Å². The minimum Gasteiger partial charge on any atom is -0.495 e. The van der Waals surface area contributed by atoms with Crippen molar-refractivity contribution in [2.75, 3.05) is 14.2 Å². The normalized spacial score (nSPS) is 10.5. The van der Waals surface area contributed by atoms with Crippen molar-refractivity contribution in [2.45, 2.75) is 4.90 Å². The number of benzene rings is 1. The second-order valence-electron chi connectivity index (χ2n) is 2.79. The van der Waals surface area contributed by atoms with Gasteiger partial charge in [0.25, 0.3) is 0 Å². The highest BCUT2D eigenvalue weighted by Gasteiger charge is 2.11. The fourth-order valence-electron chi connectivity index (χ4n) is 1.38. The van der Waals surface area contributed by atoms with Crippen LogP contribution in [0.15, 0.2) is 22.4 Å². The third-order valence-electron chi connectivity index (χ3n) is 2.08. The van der Waals surface area contributed by atoms with Gasteiger partial charge in [-0.15, -0.1) is 24.0 Å². The van der Waals surface area contributed by atoms with Gasteiger partial charge in [0.2, 0.25) is 0 Å². The summed E-state index contributed by atoms with van der Waals surface area (Å²) in [6.45, 7) is 0. The Morgan fingerprint density at radius 1 is 1.21 bits per heavy atom. The number of hydrogen-bond acceptors (Lipinski definition) is 4. The highest BCUT2D eigenvalue weighted by atomic mass is 32.1. The van der Waals surface area contributed by atoms with E-state index in [1.54, 1.807) is 25.6 Å². The average molecular weight is 226 g/mol. The van der Waals surface area contributed by atoms with E-state index in [1.807, 2.05) is 17.5 Å². The average Bonchev–Trinajstić information content (AvgIpc) is 2.68. The molecule has 0 fully saturated rings. The standard InChI is InChI=1S/C10H10O2S2/c1-11-7-5-8(12-2)10-6(9(7)13)3-4-14-10/h3-5,13H,1-2H3. The first-order valence-electron chi connectivity index (χ1n) is 4.09. The van der Waals surface area contributed by atoms with Gasteiger partial charge in [-0.3, -0.25) is 0 Å². The molecule has 0 amide bonds. The minimum atomic E-state index is 0.746. The van der Waals surface area contributed by atoms with E-state index in [4.69, 9.17) is 9.47 Å². The molecule has 0 aliphatic carbocycles. The topological polar surface area (TPSA) is 18.5 Å². The van der Waals surface area contributed by atoms with Crippen LogP contribution in [0.3, 0.4) is 0 Å². The van der Waals surface area contributed by atoms with Gasteiger partial charge in [-0.25, -0.2) is 0 Å². The van der Waals surface area contributed by atoms with Crippen LogP contribution in [0.25, 0.3) is 10.1 Å². The predicted molar refractivity (Wildman–Crippen MR) is 62.2 cm³/mol. The van der Waals surface area contributed by atoms with Crippen LogP contribution in [-0.2, 0) is 0 Å². The van der Waals surface area contributed by atoms with Gasteiger partial charge in [-0.2, -0.15) is 0 Å². The lowest BCUT2D eigenvalue weighted by atomic mass is 10.2. The Balaban J connectivity index is 2.80. The van der Waals surface area contributed by atoms with Crippen molar-refractivity contribution in [3.05, 3.63) is 17.5 Å². The third-order valence-corrected chi connectivity index (χ3v) is 3.47. The molecule has 0 radical (unpaired) electrons. The summed E-state index contributed by atoms with van der Waals surface area (Å²) in [5, 5.41) is 3.10. The molecule has 0 aliphatic rings. The van der Waals surface area contributed by atoms with E-state index in [-0.39, 0.29) is 0 Å². The zero-order chi connectivity index (χ0) is 10.1. The van der Waals surface area contributed by atoms with Crippen molar-refractivity contribution < 1.29 is 9.47 Å². The minimum absolute atomic E-state index is 0.746. The van der Waals surface area contributed by atoms with Crippen LogP contribution in [0, 0.1) is 0 Å². The van der Waals surface area contributed by atoms with Gasteiger partial charge in [0.05, 0.1) is 23.8 Å². The molecule has 14 heavy (non-hydrogen) atoms. The molecule has 2 rings (SSSR count). The Labute approximate surface area is 91.9 Å². The number of thiol groups is 1. The summed E-state index contributed by atoms with van der Waals surface area (Å²) in [5.74, 6) is 1.58. The maximum absolute atomic E-state index is 5.28. The maximum Gasteiger partial charge on any atom is 0.140 e. The van der Waals surface area contributed by atoms with Gasteiger partial charge in [-0.05, 0) is 11.4 Å². The van der Waals surface area contributed by atoms with Crippen LogP contribution in [0.2, 0.25) is 0 Å². The highest BCUT2D eigenvalue weighted by molar-refractivity contribution is 7.80. The SMILES string of the molecule is COc1cc(OC)c2sccc2c1S. The number of fused-ring (bicyclic) bond motifs is 1. The van der Waals surface area contributed by atoms with Gasteiger partial charge in [0, 0.05) is 11.5 Å². The van der Waals surface area contributed by atoms with Crippen LogP contribution in [0.5, 0.6) is 11.5 Å². The van der Waals surface area contributed by atoms with E-state index in [2.05, 4.69) is 12.6 Å². The quantitative estimate of drug-likeness (QED) is 0.793. The molecule has 1 aromatic carbocycles. The number of methoxy groups -OCH3 is 2. The van der Waals surface area contributed by atoms with Crippen molar-refractivity contribution in [2.24, 2.45) is 0 Å². The van der Waals surface area contributed by atoms with Crippen molar-refractivity contribution >= 4 is 34.1 Å². The van der Waals surface area contributed by atoms with E-state index in [0.29, 0.717) is 0 Å². The molecule has 74 valence electrons. The molecule has 0 saturated carbocycles. The maximum atomic E-state index is 5.28. The van der Waals surface area contributed by atoms with Crippen molar-refractivity contribution in [1.82, 2.24) is 0 Å². The smallest absolute Gasteiger partial charge is 0.140 e. The summed E-state index contributed by atoms with van der Waals surface area (Å²) in [4.78, 5) is 0.865. The molecule has 0 N–H and O–H groups in total. The molecule has 4 heteroatoms. The summed E-state index contributed by atoms with van der Waals surface area (Å²) in [6.07, 6.45) is 0. The predicted octanol–water partition coefficient (Wildman–Crippen LogP) is 3.21. The van der Waals surface area contributed by atoms with E-state index < -0.39 is 0 Å². The lowest BCUT2D eigenvalue weighted by molar-refractivity contribution is 0.392. The summed E-state index contributed by atoms with van der Waals surface area (Å²) in [7, 11) is 3.29. The molecule has 2 nitrogen and oxygen atoms in total. The molecular formula is C10H10O2S2. The van der Waals surface area contributed by atoms with E-state index in [0.717, 1.165) is 26.5 Å². The van der Waals surface area contributed by atoms with Gasteiger partial charge < -0.3 is 9.47 Å². The summed E-state index contributed by atoms with van der Waals surface area (Å²) >= 11 is 6.06. The van der Waals surface area contributed by atoms with Gasteiger partial charge in [0.1, 0.15) is 11.5 Å². The second kappa shape index (κ2) is 3.71. The number of ether oxygens (including phenoxy) is 2.